The van der Waals surface area contributed by atoms with Crippen LogP contribution in [0.2, 0.25) is 0 Å². The second-order valence-electron chi connectivity index (χ2n) is 9.45. The minimum Gasteiger partial charge on any atom is -0.378 e. The lowest BCUT2D eigenvalue weighted by molar-refractivity contribution is -0.118. The Kier molecular flexibility index (Phi) is 4.21. The lowest BCUT2D eigenvalue weighted by atomic mass is 9.68. The first-order chi connectivity index (χ1) is 14.3. The van der Waals surface area contributed by atoms with Crippen LogP contribution in [0.1, 0.15) is 43.9 Å². The maximum atomic E-state index is 13.4. The average molecular weight is 398 g/mol. The number of aromatic nitrogens is 1. The third-order valence-corrected chi connectivity index (χ3v) is 6.34. The predicted octanol–water partition coefficient (Wildman–Crippen LogP) is 5.61. The van der Waals surface area contributed by atoms with E-state index in [0.717, 1.165) is 45.4 Å². The minimum absolute atomic E-state index is 0.0474. The highest BCUT2D eigenvalue weighted by Gasteiger charge is 2.40. The number of ketones is 1. The normalized spacial score (nSPS) is 19.9. The number of allylic oxidation sites excluding steroid dienone is 1. The van der Waals surface area contributed by atoms with E-state index in [4.69, 9.17) is 0 Å². The van der Waals surface area contributed by atoms with Crippen LogP contribution in [0.15, 0.2) is 60.3 Å². The highest BCUT2D eigenvalue weighted by molar-refractivity contribution is 6.12. The van der Waals surface area contributed by atoms with E-state index in [1.807, 2.05) is 26.4 Å². The highest BCUT2D eigenvalue weighted by Crippen LogP contribution is 2.51. The molecule has 1 aliphatic carbocycles. The molecule has 2 heterocycles. The van der Waals surface area contributed by atoms with Crippen molar-refractivity contribution in [3.63, 3.8) is 0 Å². The topological polar surface area (TPSA) is 45.2 Å². The molecule has 1 N–H and O–H groups in total. The van der Waals surface area contributed by atoms with Crippen molar-refractivity contribution >= 4 is 33.6 Å². The number of hydrogen-bond acceptors (Lipinski definition) is 4. The van der Waals surface area contributed by atoms with E-state index in [2.05, 4.69) is 71.5 Å². The molecule has 30 heavy (non-hydrogen) atoms. The number of nitrogens with one attached hydrogen (secondary N) is 1. The molecule has 5 rings (SSSR count). The van der Waals surface area contributed by atoms with Gasteiger partial charge in [0, 0.05) is 54.6 Å². The van der Waals surface area contributed by atoms with E-state index in [1.165, 1.54) is 5.57 Å². The largest absolute Gasteiger partial charge is 0.378 e. The van der Waals surface area contributed by atoms with Gasteiger partial charge >= 0.3 is 0 Å². The van der Waals surface area contributed by atoms with Gasteiger partial charge in [-0.2, -0.15) is 0 Å². The van der Waals surface area contributed by atoms with Crippen LogP contribution in [0.4, 0.5) is 11.4 Å². The van der Waals surface area contributed by atoms with Crippen LogP contribution < -0.4 is 10.2 Å². The summed E-state index contributed by atoms with van der Waals surface area (Å²) in [5, 5.41) is 4.80. The van der Waals surface area contributed by atoms with E-state index >= 15 is 0 Å². The van der Waals surface area contributed by atoms with Crippen molar-refractivity contribution in [2.24, 2.45) is 5.41 Å². The molecule has 4 nitrogen and oxygen atoms in total. The van der Waals surface area contributed by atoms with Crippen molar-refractivity contribution in [2.75, 3.05) is 24.3 Å². The monoisotopic (exact) mass is 397 g/mol. The average Bonchev–Trinajstić information content (AvgIpc) is 2.72. The summed E-state index contributed by atoms with van der Waals surface area (Å²) < 4.78 is 0. The lowest BCUT2D eigenvalue weighted by Gasteiger charge is -2.40. The van der Waals surface area contributed by atoms with Gasteiger partial charge in [0.1, 0.15) is 0 Å². The molecule has 0 saturated heterocycles. The van der Waals surface area contributed by atoms with Crippen LogP contribution in [0.25, 0.3) is 16.5 Å². The van der Waals surface area contributed by atoms with E-state index in [9.17, 15) is 4.79 Å². The van der Waals surface area contributed by atoms with Gasteiger partial charge in [-0.25, -0.2) is 0 Å². The zero-order chi connectivity index (χ0) is 21.0. The Labute approximate surface area is 177 Å². The van der Waals surface area contributed by atoms with Gasteiger partial charge in [0.2, 0.25) is 0 Å². The predicted molar refractivity (Wildman–Crippen MR) is 124 cm³/mol. The zero-order valence-electron chi connectivity index (χ0n) is 18.0. The summed E-state index contributed by atoms with van der Waals surface area (Å²) in [5.41, 5.74) is 7.54. The number of anilines is 2. The molecular weight excluding hydrogens is 370 g/mol. The number of pyridine rings is 1. The molecule has 2 aliphatic rings. The van der Waals surface area contributed by atoms with Gasteiger partial charge in [-0.1, -0.05) is 32.0 Å². The van der Waals surface area contributed by atoms with E-state index < -0.39 is 0 Å². The Balaban J connectivity index is 1.73. The molecule has 0 unspecified atom stereocenters. The molecule has 0 spiro atoms. The van der Waals surface area contributed by atoms with Crippen molar-refractivity contribution < 1.29 is 4.79 Å². The molecule has 0 saturated carbocycles. The Morgan fingerprint density at radius 1 is 1.03 bits per heavy atom. The van der Waals surface area contributed by atoms with Gasteiger partial charge in [0.05, 0.1) is 11.6 Å². The van der Waals surface area contributed by atoms with Crippen molar-refractivity contribution in [1.29, 1.82) is 0 Å². The van der Waals surface area contributed by atoms with Crippen LogP contribution in [0.3, 0.4) is 0 Å². The van der Waals surface area contributed by atoms with Crippen molar-refractivity contribution in [2.45, 2.75) is 32.7 Å². The molecule has 1 aromatic heterocycles. The van der Waals surface area contributed by atoms with Crippen LogP contribution in [0, 0.1) is 5.41 Å². The molecule has 4 heteroatoms. The first-order valence-electron chi connectivity index (χ1n) is 10.5. The Morgan fingerprint density at radius 2 is 1.80 bits per heavy atom. The summed E-state index contributed by atoms with van der Waals surface area (Å²) in [6.45, 7) is 4.39. The van der Waals surface area contributed by atoms with Crippen LogP contribution in [-0.2, 0) is 4.79 Å². The fourth-order valence-electron chi connectivity index (χ4n) is 4.93. The molecule has 0 fully saturated rings. The molecule has 0 bridgehead atoms. The summed E-state index contributed by atoms with van der Waals surface area (Å²) in [5.74, 6) is 0.252. The second kappa shape index (κ2) is 6.69. The lowest BCUT2D eigenvalue weighted by Crippen LogP contribution is -2.33. The molecule has 0 amide bonds. The molecule has 1 aliphatic heterocycles. The number of nitrogens with zero attached hydrogens (tertiary/aromatic N) is 2. The maximum absolute atomic E-state index is 13.4. The zero-order valence-corrected chi connectivity index (χ0v) is 18.0. The Hall–Kier alpha value is -3.14. The van der Waals surface area contributed by atoms with Crippen molar-refractivity contribution in [1.82, 2.24) is 4.98 Å². The summed E-state index contributed by atoms with van der Waals surface area (Å²) in [6, 6.07) is 16.7. The smallest absolute Gasteiger partial charge is 0.162 e. The number of carbonyl (C=O) groups is 1. The minimum atomic E-state index is -0.124. The molecule has 2 aromatic carbocycles. The number of hydrogen-bond donors (Lipinski definition) is 1. The third-order valence-electron chi connectivity index (χ3n) is 6.34. The quantitative estimate of drug-likeness (QED) is 0.610. The van der Waals surface area contributed by atoms with E-state index in [0.29, 0.717) is 6.42 Å². The van der Waals surface area contributed by atoms with Gasteiger partial charge in [-0.15, -0.1) is 0 Å². The highest BCUT2D eigenvalue weighted by atomic mass is 16.1. The fourth-order valence-corrected chi connectivity index (χ4v) is 4.93. The standard InChI is InChI=1S/C26H27N3O/c1-26(2)14-19-23-18-6-5-13-27-20(18)11-12-21(23)28-25(24(19)22(30)15-26)16-7-9-17(10-8-16)29(3)4/h5-13,25,28H,14-15H2,1-4H3/t25-/m1/s1. The third kappa shape index (κ3) is 2.98. The number of Topliss-reactive ketones (excluding diaryl/α,β-unsaturated/α-hetero) is 1. The second-order valence-corrected chi connectivity index (χ2v) is 9.45. The summed E-state index contributed by atoms with van der Waals surface area (Å²) in [4.78, 5) is 20.1. The summed E-state index contributed by atoms with van der Waals surface area (Å²) in [6.07, 6.45) is 3.30. The Bertz CT molecular complexity index is 1190. The molecule has 152 valence electrons. The van der Waals surface area contributed by atoms with Crippen LogP contribution in [0.5, 0.6) is 0 Å². The number of fused-ring (bicyclic) bond motifs is 4. The van der Waals surface area contributed by atoms with Gasteiger partial charge < -0.3 is 10.2 Å². The summed E-state index contributed by atoms with van der Waals surface area (Å²) >= 11 is 0. The van der Waals surface area contributed by atoms with Crippen molar-refractivity contribution in [3.05, 3.63) is 71.4 Å². The number of carbonyl (C=O) groups excluding carboxylic acids is 1. The van der Waals surface area contributed by atoms with Crippen molar-refractivity contribution in [3.8, 4) is 0 Å². The number of benzene rings is 2. The molecule has 0 radical (unpaired) electrons. The van der Waals surface area contributed by atoms with Crippen LogP contribution >= 0.6 is 0 Å². The van der Waals surface area contributed by atoms with Gasteiger partial charge in [-0.05, 0) is 53.3 Å². The first kappa shape index (κ1) is 18.9. The molecule has 3 aromatic rings. The Morgan fingerprint density at radius 3 is 2.53 bits per heavy atom. The van der Waals surface area contributed by atoms with Crippen LogP contribution in [-0.4, -0.2) is 24.9 Å². The number of rotatable bonds is 2. The maximum Gasteiger partial charge on any atom is 0.162 e. The fraction of sp³-hybridized carbons (Fsp3) is 0.308. The molecular formula is C26H27N3O. The summed E-state index contributed by atoms with van der Waals surface area (Å²) in [7, 11) is 4.08. The van der Waals surface area contributed by atoms with Gasteiger partial charge in [0.25, 0.3) is 0 Å². The van der Waals surface area contributed by atoms with Gasteiger partial charge in [-0.3, -0.25) is 9.78 Å². The van der Waals surface area contributed by atoms with E-state index in [1.54, 1.807) is 0 Å². The SMILES string of the molecule is CN(C)c1ccc([C@H]2Nc3ccc4ncccc4c3C3=C2C(=O)CC(C)(C)C3)cc1. The van der Waals surface area contributed by atoms with Gasteiger partial charge in [0.15, 0.2) is 5.78 Å². The first-order valence-corrected chi connectivity index (χ1v) is 10.5. The van der Waals surface area contributed by atoms with E-state index in [-0.39, 0.29) is 17.2 Å². The molecule has 1 atom stereocenters.